The first-order valence-electron chi connectivity index (χ1n) is 8.78. The molecule has 1 fully saturated rings. The minimum absolute atomic E-state index is 0.450. The highest BCUT2D eigenvalue weighted by Gasteiger charge is 2.25. The van der Waals surface area contributed by atoms with Crippen LogP contribution in [0, 0.1) is 0 Å². The summed E-state index contributed by atoms with van der Waals surface area (Å²) in [4.78, 5) is 13.8. The topological polar surface area (TPSA) is 44.3 Å². The van der Waals surface area contributed by atoms with E-state index in [4.69, 9.17) is 0 Å². The van der Waals surface area contributed by atoms with Crippen molar-refractivity contribution in [3.63, 3.8) is 0 Å². The molecule has 1 atom stereocenters. The molecule has 24 heavy (non-hydrogen) atoms. The van der Waals surface area contributed by atoms with Crippen molar-refractivity contribution in [3.8, 4) is 0 Å². The van der Waals surface area contributed by atoms with Gasteiger partial charge in [-0.1, -0.05) is 37.3 Å². The van der Waals surface area contributed by atoms with Crippen molar-refractivity contribution in [1.29, 1.82) is 0 Å². The maximum Gasteiger partial charge on any atom is 0.222 e. The Bertz CT molecular complexity index is 613. The van der Waals surface area contributed by atoms with Crippen molar-refractivity contribution in [2.75, 3.05) is 38.5 Å². The SMILES string of the molecule is CCCNc1ncc(CN2CCN(C)[C@H](c3ccccc3)C2)cn1. The Morgan fingerprint density at radius 3 is 2.58 bits per heavy atom. The van der Waals surface area contributed by atoms with Crippen LogP contribution in [0.5, 0.6) is 0 Å². The zero-order chi connectivity index (χ0) is 16.8. The van der Waals surface area contributed by atoms with Gasteiger partial charge in [0, 0.05) is 56.7 Å². The molecule has 1 aliphatic heterocycles. The molecule has 0 saturated carbocycles. The van der Waals surface area contributed by atoms with Gasteiger partial charge in [0.05, 0.1) is 0 Å². The highest BCUT2D eigenvalue weighted by Crippen LogP contribution is 2.24. The van der Waals surface area contributed by atoms with E-state index in [0.29, 0.717) is 6.04 Å². The van der Waals surface area contributed by atoms with Crippen LogP contribution < -0.4 is 5.32 Å². The smallest absolute Gasteiger partial charge is 0.222 e. The number of piperazine rings is 1. The molecule has 128 valence electrons. The first kappa shape index (κ1) is 16.9. The minimum Gasteiger partial charge on any atom is -0.354 e. The van der Waals surface area contributed by atoms with E-state index in [1.54, 1.807) is 0 Å². The molecule has 1 aliphatic rings. The first-order valence-corrected chi connectivity index (χ1v) is 8.78. The zero-order valence-electron chi connectivity index (χ0n) is 14.7. The van der Waals surface area contributed by atoms with E-state index in [1.807, 2.05) is 12.4 Å². The third-order valence-corrected chi connectivity index (χ3v) is 4.56. The molecule has 0 aliphatic carbocycles. The van der Waals surface area contributed by atoms with Gasteiger partial charge in [-0.05, 0) is 19.0 Å². The molecule has 0 bridgehead atoms. The van der Waals surface area contributed by atoms with E-state index in [9.17, 15) is 0 Å². The third kappa shape index (κ3) is 4.30. The van der Waals surface area contributed by atoms with Gasteiger partial charge in [-0.3, -0.25) is 9.80 Å². The van der Waals surface area contributed by atoms with Crippen molar-refractivity contribution in [1.82, 2.24) is 19.8 Å². The second kappa shape index (κ2) is 8.22. The molecule has 0 amide bonds. The molecule has 2 aromatic rings. The molecule has 1 aromatic carbocycles. The fourth-order valence-electron chi connectivity index (χ4n) is 3.13. The van der Waals surface area contributed by atoms with Gasteiger partial charge >= 0.3 is 0 Å². The molecule has 1 N–H and O–H groups in total. The van der Waals surface area contributed by atoms with Crippen LogP contribution in [0.15, 0.2) is 42.7 Å². The molecule has 2 heterocycles. The van der Waals surface area contributed by atoms with E-state index < -0.39 is 0 Å². The number of rotatable bonds is 6. The molecule has 1 aromatic heterocycles. The summed E-state index contributed by atoms with van der Waals surface area (Å²) in [5.41, 5.74) is 2.56. The summed E-state index contributed by atoms with van der Waals surface area (Å²) < 4.78 is 0. The number of aromatic nitrogens is 2. The van der Waals surface area contributed by atoms with Crippen LogP contribution >= 0.6 is 0 Å². The summed E-state index contributed by atoms with van der Waals surface area (Å²) in [6.45, 7) is 7.16. The Balaban J connectivity index is 1.61. The Kier molecular flexibility index (Phi) is 5.77. The zero-order valence-corrected chi connectivity index (χ0v) is 14.7. The maximum absolute atomic E-state index is 4.41. The lowest BCUT2D eigenvalue weighted by atomic mass is 10.0. The standard InChI is InChI=1S/C19H27N5/c1-3-9-20-19-21-12-16(13-22-19)14-24-11-10-23(2)18(15-24)17-7-5-4-6-8-17/h4-8,12-13,18H,3,9-11,14-15H2,1-2H3,(H,20,21,22)/t18-/m0/s1. The number of likely N-dealkylation sites (N-methyl/N-ethyl adjacent to an activating group) is 1. The van der Waals surface area contributed by atoms with E-state index in [-0.39, 0.29) is 0 Å². The number of nitrogens with one attached hydrogen (secondary N) is 1. The van der Waals surface area contributed by atoms with Gasteiger partial charge in [-0.25, -0.2) is 9.97 Å². The summed E-state index contributed by atoms with van der Waals surface area (Å²) in [7, 11) is 2.21. The van der Waals surface area contributed by atoms with Crippen LogP contribution in [-0.2, 0) is 6.54 Å². The number of benzene rings is 1. The fraction of sp³-hybridized carbons (Fsp3) is 0.474. The fourth-order valence-corrected chi connectivity index (χ4v) is 3.13. The van der Waals surface area contributed by atoms with E-state index in [1.165, 1.54) is 11.1 Å². The second-order valence-electron chi connectivity index (χ2n) is 6.48. The van der Waals surface area contributed by atoms with Gasteiger partial charge in [0.15, 0.2) is 0 Å². The lowest BCUT2D eigenvalue weighted by Gasteiger charge is -2.39. The average Bonchev–Trinajstić information content (AvgIpc) is 2.63. The van der Waals surface area contributed by atoms with Crippen LogP contribution in [0.25, 0.3) is 0 Å². The number of anilines is 1. The summed E-state index contributed by atoms with van der Waals surface area (Å²) in [5.74, 6) is 0.723. The average molecular weight is 325 g/mol. The first-order chi connectivity index (χ1) is 11.8. The molecular weight excluding hydrogens is 298 g/mol. The van der Waals surface area contributed by atoms with Crippen molar-refractivity contribution < 1.29 is 0 Å². The predicted octanol–water partition coefficient (Wildman–Crippen LogP) is 2.79. The van der Waals surface area contributed by atoms with Gasteiger partial charge < -0.3 is 5.32 Å². The van der Waals surface area contributed by atoms with Crippen LogP contribution in [0.2, 0.25) is 0 Å². The molecule has 0 radical (unpaired) electrons. The molecule has 0 spiro atoms. The van der Waals surface area contributed by atoms with Crippen molar-refractivity contribution in [2.45, 2.75) is 25.9 Å². The minimum atomic E-state index is 0.450. The molecule has 5 heteroatoms. The highest BCUT2D eigenvalue weighted by molar-refractivity contribution is 5.24. The summed E-state index contributed by atoms with van der Waals surface area (Å²) in [6.07, 6.45) is 4.97. The maximum atomic E-state index is 4.41. The van der Waals surface area contributed by atoms with Gasteiger partial charge in [-0.2, -0.15) is 0 Å². The molecule has 0 unspecified atom stereocenters. The van der Waals surface area contributed by atoms with Crippen LogP contribution in [0.1, 0.15) is 30.5 Å². The lowest BCUT2D eigenvalue weighted by molar-refractivity contribution is 0.0903. The molecule has 5 nitrogen and oxygen atoms in total. The number of hydrogen-bond donors (Lipinski definition) is 1. The monoisotopic (exact) mass is 325 g/mol. The Morgan fingerprint density at radius 2 is 1.88 bits per heavy atom. The van der Waals surface area contributed by atoms with Gasteiger partial charge in [-0.15, -0.1) is 0 Å². The summed E-state index contributed by atoms with van der Waals surface area (Å²) in [6, 6.07) is 11.2. The normalized spacial score (nSPS) is 19.3. The number of nitrogens with zero attached hydrogens (tertiary/aromatic N) is 4. The second-order valence-corrected chi connectivity index (χ2v) is 6.48. The Morgan fingerprint density at radius 1 is 1.12 bits per heavy atom. The van der Waals surface area contributed by atoms with Crippen molar-refractivity contribution in [3.05, 3.63) is 53.9 Å². The van der Waals surface area contributed by atoms with Crippen LogP contribution in [-0.4, -0.2) is 53.0 Å². The van der Waals surface area contributed by atoms with Crippen LogP contribution in [0.3, 0.4) is 0 Å². The van der Waals surface area contributed by atoms with Crippen molar-refractivity contribution in [2.24, 2.45) is 0 Å². The predicted molar refractivity (Wildman–Crippen MR) is 97.9 cm³/mol. The number of hydrogen-bond acceptors (Lipinski definition) is 5. The van der Waals surface area contributed by atoms with Gasteiger partial charge in [0.1, 0.15) is 0 Å². The molecule has 1 saturated heterocycles. The largest absolute Gasteiger partial charge is 0.354 e. The van der Waals surface area contributed by atoms with Crippen molar-refractivity contribution >= 4 is 5.95 Å². The summed E-state index contributed by atoms with van der Waals surface area (Å²) >= 11 is 0. The van der Waals surface area contributed by atoms with E-state index >= 15 is 0 Å². The van der Waals surface area contributed by atoms with Gasteiger partial charge in [0.2, 0.25) is 5.95 Å². The highest BCUT2D eigenvalue weighted by atomic mass is 15.3. The van der Waals surface area contributed by atoms with Crippen LogP contribution in [0.4, 0.5) is 5.95 Å². The quantitative estimate of drug-likeness (QED) is 0.885. The van der Waals surface area contributed by atoms with E-state index in [0.717, 1.165) is 45.1 Å². The molecular formula is C19H27N5. The van der Waals surface area contributed by atoms with Gasteiger partial charge in [0.25, 0.3) is 0 Å². The third-order valence-electron chi connectivity index (χ3n) is 4.56. The van der Waals surface area contributed by atoms with E-state index in [2.05, 4.69) is 69.4 Å². The molecule has 3 rings (SSSR count). The Labute approximate surface area is 144 Å². The summed E-state index contributed by atoms with van der Waals surface area (Å²) in [5, 5.41) is 3.22. The Hall–Kier alpha value is -1.98. The lowest BCUT2D eigenvalue weighted by Crippen LogP contribution is -2.46.